The van der Waals surface area contributed by atoms with E-state index in [9.17, 15) is 17.2 Å². The molecule has 0 bridgehead atoms. The number of rotatable bonds is 7. The molecule has 1 aliphatic heterocycles. The summed E-state index contributed by atoms with van der Waals surface area (Å²) in [5.74, 6) is -1.36. The van der Waals surface area contributed by atoms with Gasteiger partial charge in [0.05, 0.1) is 16.8 Å². The van der Waals surface area contributed by atoms with Gasteiger partial charge in [0.15, 0.2) is 5.82 Å². The molecule has 1 fully saturated rings. The number of halogens is 2. The maximum atomic E-state index is 13.2. The summed E-state index contributed by atoms with van der Waals surface area (Å²) in [5.41, 5.74) is 0.968. The van der Waals surface area contributed by atoms with E-state index in [0.717, 1.165) is 43.8 Å². The molecular weight excluding hydrogens is 364 g/mol. The van der Waals surface area contributed by atoms with Crippen molar-refractivity contribution in [2.75, 3.05) is 36.4 Å². The van der Waals surface area contributed by atoms with Gasteiger partial charge in [0.1, 0.15) is 11.6 Å². The first-order valence-corrected chi connectivity index (χ1v) is 9.70. The van der Waals surface area contributed by atoms with Crippen molar-refractivity contribution in [3.05, 3.63) is 42.1 Å². The van der Waals surface area contributed by atoms with Gasteiger partial charge in [0.25, 0.3) is 0 Å². The molecule has 0 amide bonds. The first kappa shape index (κ1) is 18.5. The molecule has 1 aliphatic rings. The number of hydrogen-bond donors (Lipinski definition) is 2. The predicted molar refractivity (Wildman–Crippen MR) is 93.5 cm³/mol. The van der Waals surface area contributed by atoms with Gasteiger partial charge in [0, 0.05) is 38.3 Å². The zero-order chi connectivity index (χ0) is 18.6. The number of nitrogens with zero attached hydrogens (tertiary/aromatic N) is 3. The van der Waals surface area contributed by atoms with E-state index in [1.54, 1.807) is 6.20 Å². The Hall–Kier alpha value is -2.33. The van der Waals surface area contributed by atoms with E-state index in [-0.39, 0.29) is 13.1 Å². The molecule has 2 heterocycles. The predicted octanol–water partition coefficient (Wildman–Crippen LogP) is 1.75. The van der Waals surface area contributed by atoms with Gasteiger partial charge in [-0.3, -0.25) is 0 Å². The minimum atomic E-state index is -4.00. The number of benzene rings is 1. The Morgan fingerprint density at radius 3 is 2.42 bits per heavy atom. The average Bonchev–Trinajstić information content (AvgIpc) is 3.13. The van der Waals surface area contributed by atoms with E-state index in [2.05, 4.69) is 25.1 Å². The number of aromatic nitrogens is 2. The fourth-order valence-electron chi connectivity index (χ4n) is 2.73. The van der Waals surface area contributed by atoms with Crippen LogP contribution in [0.1, 0.15) is 12.8 Å². The molecule has 1 aromatic heterocycles. The third-order valence-electron chi connectivity index (χ3n) is 3.98. The molecule has 1 aromatic carbocycles. The molecule has 2 N–H and O–H groups in total. The van der Waals surface area contributed by atoms with Crippen LogP contribution in [0.15, 0.2) is 35.4 Å². The standard InChI is InChI=1S/C16H19F2N5O2S/c17-12-7-13(18)9-15(8-12)26(24,25)21-4-3-19-16-10-14(11-20-22-16)23-5-1-2-6-23/h7-11,21H,1-6H2,(H,19,22). The topological polar surface area (TPSA) is 87.2 Å². The Morgan fingerprint density at radius 2 is 1.73 bits per heavy atom. The van der Waals surface area contributed by atoms with Crippen molar-refractivity contribution in [2.24, 2.45) is 0 Å². The molecule has 1 saturated heterocycles. The molecule has 0 radical (unpaired) electrons. The van der Waals surface area contributed by atoms with E-state index < -0.39 is 26.6 Å². The third kappa shape index (κ3) is 4.64. The summed E-state index contributed by atoms with van der Waals surface area (Å²) in [7, 11) is -4.00. The molecule has 26 heavy (non-hydrogen) atoms. The van der Waals surface area contributed by atoms with Crippen molar-refractivity contribution in [1.82, 2.24) is 14.9 Å². The van der Waals surface area contributed by atoms with Crippen LogP contribution in [0.5, 0.6) is 0 Å². The van der Waals surface area contributed by atoms with E-state index in [1.165, 1.54) is 0 Å². The smallest absolute Gasteiger partial charge is 0.240 e. The van der Waals surface area contributed by atoms with Gasteiger partial charge < -0.3 is 10.2 Å². The van der Waals surface area contributed by atoms with Crippen LogP contribution in [0.25, 0.3) is 0 Å². The van der Waals surface area contributed by atoms with Gasteiger partial charge in [-0.05, 0) is 25.0 Å². The lowest BCUT2D eigenvalue weighted by Gasteiger charge is -2.17. The van der Waals surface area contributed by atoms with Crippen molar-refractivity contribution >= 4 is 21.5 Å². The highest BCUT2D eigenvalue weighted by atomic mass is 32.2. The van der Waals surface area contributed by atoms with Crippen LogP contribution < -0.4 is 14.9 Å². The van der Waals surface area contributed by atoms with Gasteiger partial charge in [-0.25, -0.2) is 21.9 Å². The minimum absolute atomic E-state index is 0.0239. The largest absolute Gasteiger partial charge is 0.370 e. The minimum Gasteiger partial charge on any atom is -0.370 e. The molecule has 3 rings (SSSR count). The fourth-order valence-corrected chi connectivity index (χ4v) is 3.81. The maximum absolute atomic E-state index is 13.2. The SMILES string of the molecule is O=S(=O)(NCCNc1cc(N2CCCC2)cnn1)c1cc(F)cc(F)c1. The average molecular weight is 383 g/mol. The normalized spacial score (nSPS) is 14.6. The number of anilines is 2. The zero-order valence-electron chi connectivity index (χ0n) is 14.0. The van der Waals surface area contributed by atoms with Crippen LogP contribution in [0, 0.1) is 11.6 Å². The van der Waals surface area contributed by atoms with E-state index >= 15 is 0 Å². The fraction of sp³-hybridized carbons (Fsp3) is 0.375. The summed E-state index contributed by atoms with van der Waals surface area (Å²) in [6.45, 7) is 2.23. The van der Waals surface area contributed by atoms with Gasteiger partial charge in [-0.15, -0.1) is 5.10 Å². The van der Waals surface area contributed by atoms with Gasteiger partial charge in [-0.2, -0.15) is 5.10 Å². The molecule has 0 unspecified atom stereocenters. The van der Waals surface area contributed by atoms with Crippen LogP contribution in [0.4, 0.5) is 20.3 Å². The highest BCUT2D eigenvalue weighted by molar-refractivity contribution is 7.89. The van der Waals surface area contributed by atoms with Crippen LogP contribution in [0.3, 0.4) is 0 Å². The molecule has 0 aliphatic carbocycles. The lowest BCUT2D eigenvalue weighted by molar-refractivity contribution is 0.562. The first-order valence-electron chi connectivity index (χ1n) is 8.21. The molecule has 2 aromatic rings. The number of nitrogens with one attached hydrogen (secondary N) is 2. The lowest BCUT2D eigenvalue weighted by atomic mass is 10.3. The van der Waals surface area contributed by atoms with Crippen molar-refractivity contribution < 1.29 is 17.2 Å². The Kier molecular flexibility index (Phi) is 5.62. The molecule has 0 saturated carbocycles. The maximum Gasteiger partial charge on any atom is 0.240 e. The second-order valence-electron chi connectivity index (χ2n) is 5.92. The van der Waals surface area contributed by atoms with Gasteiger partial charge >= 0.3 is 0 Å². The molecule has 10 heteroatoms. The highest BCUT2D eigenvalue weighted by Crippen LogP contribution is 2.20. The lowest BCUT2D eigenvalue weighted by Crippen LogP contribution is -2.29. The third-order valence-corrected chi connectivity index (χ3v) is 5.42. The molecule has 0 spiro atoms. The van der Waals surface area contributed by atoms with Crippen LogP contribution in [-0.2, 0) is 10.0 Å². The summed E-state index contributed by atoms with van der Waals surface area (Å²) in [4.78, 5) is 1.76. The summed E-state index contributed by atoms with van der Waals surface area (Å²) in [6.07, 6.45) is 3.98. The molecule has 140 valence electrons. The van der Waals surface area contributed by atoms with Gasteiger partial charge in [0.2, 0.25) is 10.0 Å². The van der Waals surface area contributed by atoms with Crippen molar-refractivity contribution in [3.63, 3.8) is 0 Å². The van der Waals surface area contributed by atoms with E-state index in [4.69, 9.17) is 0 Å². The van der Waals surface area contributed by atoms with Crippen LogP contribution >= 0.6 is 0 Å². The van der Waals surface area contributed by atoms with Crippen molar-refractivity contribution in [3.8, 4) is 0 Å². The Morgan fingerprint density at radius 1 is 1.04 bits per heavy atom. The van der Waals surface area contributed by atoms with Crippen LogP contribution in [0.2, 0.25) is 0 Å². The van der Waals surface area contributed by atoms with Crippen LogP contribution in [-0.4, -0.2) is 44.8 Å². The number of hydrogen-bond acceptors (Lipinski definition) is 6. The summed E-state index contributed by atoms with van der Waals surface area (Å²) in [5, 5.41) is 10.9. The Labute approximate surface area is 150 Å². The van der Waals surface area contributed by atoms with E-state index in [0.29, 0.717) is 11.9 Å². The first-order chi connectivity index (χ1) is 12.4. The van der Waals surface area contributed by atoms with Gasteiger partial charge in [-0.1, -0.05) is 0 Å². The quantitative estimate of drug-likeness (QED) is 0.709. The zero-order valence-corrected chi connectivity index (χ0v) is 14.8. The van der Waals surface area contributed by atoms with Crippen molar-refractivity contribution in [1.29, 1.82) is 0 Å². The second kappa shape index (κ2) is 7.92. The molecule has 0 atom stereocenters. The molecular formula is C16H19F2N5O2S. The van der Waals surface area contributed by atoms with Crippen molar-refractivity contribution in [2.45, 2.75) is 17.7 Å². The summed E-state index contributed by atoms with van der Waals surface area (Å²) in [6, 6.07) is 4.01. The summed E-state index contributed by atoms with van der Waals surface area (Å²) < 4.78 is 52.8. The Balaban J connectivity index is 1.54. The monoisotopic (exact) mass is 383 g/mol. The number of sulfonamides is 1. The molecule has 7 nitrogen and oxygen atoms in total. The Bertz CT molecular complexity index is 852. The second-order valence-corrected chi connectivity index (χ2v) is 7.69. The highest BCUT2D eigenvalue weighted by Gasteiger charge is 2.16. The van der Waals surface area contributed by atoms with E-state index in [1.807, 2.05) is 6.07 Å². The summed E-state index contributed by atoms with van der Waals surface area (Å²) >= 11 is 0.